The maximum atomic E-state index is 4.26. The van der Waals surface area contributed by atoms with Gasteiger partial charge in [0.25, 0.3) is 0 Å². The molecule has 0 spiro atoms. The van der Waals surface area contributed by atoms with Crippen LogP contribution in [0, 0.1) is 0 Å². The van der Waals surface area contributed by atoms with Gasteiger partial charge < -0.3 is 4.57 Å². The zero-order chi connectivity index (χ0) is 8.55. The molecule has 2 aromatic rings. The molecule has 0 aliphatic rings. The summed E-state index contributed by atoms with van der Waals surface area (Å²) in [5, 5.41) is 0. The Morgan fingerprint density at radius 2 is 2.25 bits per heavy atom. The van der Waals surface area contributed by atoms with E-state index in [1.807, 2.05) is 24.1 Å². The minimum atomic E-state index is 0.967. The van der Waals surface area contributed by atoms with Crippen LogP contribution in [0.2, 0.25) is 0 Å². The molecule has 0 N–H and O–H groups in total. The van der Waals surface area contributed by atoms with Crippen LogP contribution in [0.25, 0.3) is 11.0 Å². The number of aryl methyl sites for hydroxylation is 2. The Morgan fingerprint density at radius 3 is 3.00 bits per heavy atom. The quantitative estimate of drug-likeness (QED) is 0.635. The van der Waals surface area contributed by atoms with Crippen LogP contribution in [0.5, 0.6) is 0 Å². The molecule has 3 heteroatoms. The number of fused-ring (bicyclic) bond motifs is 1. The first-order valence-electron chi connectivity index (χ1n) is 4.07. The average Bonchev–Trinajstić information content (AvgIpc) is 2.47. The second kappa shape index (κ2) is 2.59. The van der Waals surface area contributed by atoms with Crippen molar-refractivity contribution in [2.24, 2.45) is 7.05 Å². The summed E-state index contributed by atoms with van der Waals surface area (Å²) in [6.45, 7) is 2.10. The van der Waals surface area contributed by atoms with E-state index in [1.54, 1.807) is 0 Å². The fourth-order valence-corrected chi connectivity index (χ4v) is 1.27. The second-order valence-electron chi connectivity index (χ2n) is 2.87. The molecule has 12 heavy (non-hydrogen) atoms. The van der Waals surface area contributed by atoms with E-state index in [9.17, 15) is 0 Å². The molecule has 0 amide bonds. The molecular formula is C9H11N3. The summed E-state index contributed by atoms with van der Waals surface area (Å²) in [5.41, 5.74) is 3.24. The summed E-state index contributed by atoms with van der Waals surface area (Å²) in [5.74, 6) is 0. The van der Waals surface area contributed by atoms with E-state index in [0.717, 1.165) is 23.1 Å². The predicted molar refractivity (Wildman–Crippen MR) is 47.9 cm³/mol. The zero-order valence-electron chi connectivity index (χ0n) is 7.28. The predicted octanol–water partition coefficient (Wildman–Crippen LogP) is 1.53. The first-order valence-corrected chi connectivity index (χ1v) is 4.07. The topological polar surface area (TPSA) is 30.7 Å². The van der Waals surface area contributed by atoms with Gasteiger partial charge in [0.2, 0.25) is 0 Å². The third kappa shape index (κ3) is 0.978. The first kappa shape index (κ1) is 7.28. The molecule has 2 aromatic heterocycles. The molecule has 0 atom stereocenters. The first-order chi connectivity index (χ1) is 5.81. The number of aromatic nitrogens is 3. The second-order valence-corrected chi connectivity index (χ2v) is 2.87. The van der Waals surface area contributed by atoms with Crippen molar-refractivity contribution in [2.75, 3.05) is 0 Å². The normalized spacial score (nSPS) is 10.8. The van der Waals surface area contributed by atoms with Crippen molar-refractivity contribution in [1.82, 2.24) is 14.5 Å². The monoisotopic (exact) mass is 161 g/mol. The molecule has 2 rings (SSSR count). The fraction of sp³-hybridized carbons (Fsp3) is 0.333. The minimum absolute atomic E-state index is 0.967. The van der Waals surface area contributed by atoms with E-state index in [4.69, 9.17) is 0 Å². The van der Waals surface area contributed by atoms with Crippen LogP contribution in [-0.2, 0) is 13.5 Å². The van der Waals surface area contributed by atoms with Crippen molar-refractivity contribution in [3.63, 3.8) is 0 Å². The molecule has 0 unspecified atom stereocenters. The summed E-state index contributed by atoms with van der Waals surface area (Å²) in [6.07, 6.45) is 4.61. The SMILES string of the molecule is CCc1cc2c(cn1)ncn2C. The van der Waals surface area contributed by atoms with Gasteiger partial charge in [-0.05, 0) is 12.5 Å². The zero-order valence-corrected chi connectivity index (χ0v) is 7.28. The van der Waals surface area contributed by atoms with E-state index in [-0.39, 0.29) is 0 Å². The maximum absolute atomic E-state index is 4.26. The molecule has 0 saturated heterocycles. The highest BCUT2D eigenvalue weighted by Gasteiger charge is 1.99. The van der Waals surface area contributed by atoms with E-state index in [0.29, 0.717) is 0 Å². The van der Waals surface area contributed by atoms with Crippen LogP contribution in [0.1, 0.15) is 12.6 Å². The highest BCUT2D eigenvalue weighted by Crippen LogP contribution is 2.11. The lowest BCUT2D eigenvalue weighted by Gasteiger charge is -1.96. The summed E-state index contributed by atoms with van der Waals surface area (Å²) < 4.78 is 2.01. The molecule has 0 fully saturated rings. The molecule has 0 aliphatic carbocycles. The van der Waals surface area contributed by atoms with Gasteiger partial charge in [0.1, 0.15) is 5.52 Å². The highest BCUT2D eigenvalue weighted by atomic mass is 15.0. The fourth-order valence-electron chi connectivity index (χ4n) is 1.27. The number of hydrogen-bond acceptors (Lipinski definition) is 2. The van der Waals surface area contributed by atoms with E-state index in [2.05, 4.69) is 23.0 Å². The Labute approximate surface area is 71.1 Å². The van der Waals surface area contributed by atoms with Crippen LogP contribution >= 0.6 is 0 Å². The maximum Gasteiger partial charge on any atom is 0.107 e. The van der Waals surface area contributed by atoms with E-state index < -0.39 is 0 Å². The molecule has 2 heterocycles. The molecule has 0 aromatic carbocycles. The smallest absolute Gasteiger partial charge is 0.107 e. The third-order valence-electron chi connectivity index (χ3n) is 2.03. The van der Waals surface area contributed by atoms with Gasteiger partial charge in [-0.15, -0.1) is 0 Å². The van der Waals surface area contributed by atoms with Crippen molar-refractivity contribution in [2.45, 2.75) is 13.3 Å². The van der Waals surface area contributed by atoms with Crippen LogP contribution in [-0.4, -0.2) is 14.5 Å². The lowest BCUT2D eigenvalue weighted by molar-refractivity contribution is 0.943. The number of pyridine rings is 1. The minimum Gasteiger partial charge on any atom is -0.334 e. The molecule has 0 bridgehead atoms. The molecular weight excluding hydrogens is 150 g/mol. The Balaban J connectivity index is 2.71. The molecule has 0 aliphatic heterocycles. The Kier molecular flexibility index (Phi) is 1.57. The molecule has 0 saturated carbocycles. The lowest BCUT2D eigenvalue weighted by Crippen LogP contribution is -1.89. The van der Waals surface area contributed by atoms with Gasteiger partial charge in [0.05, 0.1) is 18.0 Å². The molecule has 62 valence electrons. The summed E-state index contributed by atoms with van der Waals surface area (Å²) in [6, 6.07) is 2.09. The lowest BCUT2D eigenvalue weighted by atomic mass is 10.3. The van der Waals surface area contributed by atoms with E-state index >= 15 is 0 Å². The van der Waals surface area contributed by atoms with Crippen LogP contribution in [0.4, 0.5) is 0 Å². The van der Waals surface area contributed by atoms with Gasteiger partial charge in [-0.2, -0.15) is 0 Å². The van der Waals surface area contributed by atoms with Gasteiger partial charge in [-0.1, -0.05) is 6.92 Å². The number of imidazole rings is 1. The van der Waals surface area contributed by atoms with Crippen molar-refractivity contribution in [1.29, 1.82) is 0 Å². The standard InChI is InChI=1S/C9H11N3/c1-3-7-4-9-8(5-10-7)11-6-12(9)2/h4-6H,3H2,1-2H3. The average molecular weight is 161 g/mol. The van der Waals surface area contributed by atoms with E-state index in [1.165, 1.54) is 0 Å². The molecule has 0 radical (unpaired) electrons. The van der Waals surface area contributed by atoms with Gasteiger partial charge in [0.15, 0.2) is 0 Å². The Morgan fingerprint density at radius 1 is 1.42 bits per heavy atom. The van der Waals surface area contributed by atoms with Crippen LogP contribution in [0.3, 0.4) is 0 Å². The van der Waals surface area contributed by atoms with Gasteiger partial charge in [-0.25, -0.2) is 4.98 Å². The highest BCUT2D eigenvalue weighted by molar-refractivity contribution is 5.74. The van der Waals surface area contributed by atoms with Crippen molar-refractivity contribution in [3.05, 3.63) is 24.3 Å². The van der Waals surface area contributed by atoms with Gasteiger partial charge in [0, 0.05) is 12.7 Å². The largest absolute Gasteiger partial charge is 0.334 e. The Bertz CT molecular complexity index is 403. The number of nitrogens with zero attached hydrogens (tertiary/aromatic N) is 3. The van der Waals surface area contributed by atoms with Crippen molar-refractivity contribution < 1.29 is 0 Å². The van der Waals surface area contributed by atoms with Crippen LogP contribution < -0.4 is 0 Å². The van der Waals surface area contributed by atoms with Crippen molar-refractivity contribution >= 4 is 11.0 Å². The van der Waals surface area contributed by atoms with Gasteiger partial charge >= 0.3 is 0 Å². The number of hydrogen-bond donors (Lipinski definition) is 0. The van der Waals surface area contributed by atoms with Gasteiger partial charge in [-0.3, -0.25) is 4.98 Å². The van der Waals surface area contributed by atoms with Crippen LogP contribution in [0.15, 0.2) is 18.6 Å². The summed E-state index contributed by atoms with van der Waals surface area (Å²) in [4.78, 5) is 8.46. The summed E-state index contributed by atoms with van der Waals surface area (Å²) >= 11 is 0. The Hall–Kier alpha value is -1.38. The third-order valence-corrected chi connectivity index (χ3v) is 2.03. The number of rotatable bonds is 1. The molecule has 3 nitrogen and oxygen atoms in total. The summed E-state index contributed by atoms with van der Waals surface area (Å²) in [7, 11) is 1.99. The van der Waals surface area contributed by atoms with Crippen molar-refractivity contribution in [3.8, 4) is 0 Å².